The summed E-state index contributed by atoms with van der Waals surface area (Å²) in [5, 5.41) is 24.6. The maximum atomic E-state index is 12.1. The Morgan fingerprint density at radius 3 is 2.83 bits per heavy atom. The Kier molecular flexibility index (Phi) is 4.62. The van der Waals surface area contributed by atoms with Crippen LogP contribution >= 0.6 is 11.3 Å². The van der Waals surface area contributed by atoms with E-state index in [0.29, 0.717) is 6.42 Å². The summed E-state index contributed by atoms with van der Waals surface area (Å²) < 4.78 is 5.12. The lowest BCUT2D eigenvalue weighted by molar-refractivity contribution is 0.104. The minimum Gasteiger partial charge on any atom is -0.504 e. The van der Waals surface area contributed by atoms with Crippen LogP contribution in [0.5, 0.6) is 5.75 Å². The molecule has 0 atom stereocenters. The molecule has 2 N–H and O–H groups in total. The molecule has 0 amide bonds. The van der Waals surface area contributed by atoms with Gasteiger partial charge in [-0.25, -0.2) is 4.98 Å². The topological polar surface area (TPSA) is 114 Å². The van der Waals surface area contributed by atoms with Crippen molar-refractivity contribution in [2.45, 2.75) is 6.42 Å². The quantitative estimate of drug-likeness (QED) is 0.400. The average Bonchev–Trinajstić information content (AvgIpc) is 3.27. The van der Waals surface area contributed by atoms with Gasteiger partial charge in [0.2, 0.25) is 11.6 Å². The van der Waals surface area contributed by atoms with Crippen LogP contribution in [0.1, 0.15) is 26.9 Å². The van der Waals surface area contributed by atoms with Gasteiger partial charge in [0.25, 0.3) is 0 Å². The lowest BCUT2D eigenvalue weighted by Gasteiger charge is -2.01. The van der Waals surface area contributed by atoms with E-state index in [1.54, 1.807) is 7.11 Å². The lowest BCUT2D eigenvalue weighted by atomic mass is 10.1. The van der Waals surface area contributed by atoms with Crippen LogP contribution in [0.15, 0.2) is 35.7 Å². The number of ketones is 1. The summed E-state index contributed by atoms with van der Waals surface area (Å²) in [5.41, 5.74) is 1.84. The van der Waals surface area contributed by atoms with E-state index in [1.807, 2.05) is 29.6 Å². The van der Waals surface area contributed by atoms with E-state index in [2.05, 4.69) is 25.6 Å². The van der Waals surface area contributed by atoms with Crippen molar-refractivity contribution in [3.05, 3.63) is 57.8 Å². The van der Waals surface area contributed by atoms with Gasteiger partial charge in [-0.15, -0.1) is 21.5 Å². The summed E-state index contributed by atoms with van der Waals surface area (Å²) in [5.74, 6) is -0.0303. The van der Waals surface area contributed by atoms with Crippen LogP contribution < -0.4 is 4.74 Å². The van der Waals surface area contributed by atoms with E-state index in [0.717, 1.165) is 23.1 Å². The molecule has 8 nitrogen and oxygen atoms in total. The highest BCUT2D eigenvalue weighted by atomic mass is 32.1. The SMILES string of the molecule is COc1ccc(Cc2csc(C(=O)C=C(O)c3nn[nH]n3)n2)cc1. The first kappa shape index (κ1) is 15.8. The number of aliphatic hydroxyl groups is 1. The van der Waals surface area contributed by atoms with Crippen LogP contribution in [0.25, 0.3) is 5.76 Å². The molecule has 9 heteroatoms. The molecule has 0 radical (unpaired) electrons. The molecular formula is C15H13N5O3S. The van der Waals surface area contributed by atoms with E-state index in [9.17, 15) is 9.90 Å². The van der Waals surface area contributed by atoms with Crippen molar-refractivity contribution in [2.75, 3.05) is 7.11 Å². The Balaban J connectivity index is 1.70. The van der Waals surface area contributed by atoms with E-state index < -0.39 is 5.78 Å². The highest BCUT2D eigenvalue weighted by Gasteiger charge is 2.13. The molecule has 0 fully saturated rings. The van der Waals surface area contributed by atoms with Crippen molar-refractivity contribution >= 4 is 22.9 Å². The second-order valence-electron chi connectivity index (χ2n) is 4.80. The number of hydrogen-bond donors (Lipinski definition) is 2. The van der Waals surface area contributed by atoms with Gasteiger partial charge in [-0.2, -0.15) is 5.21 Å². The van der Waals surface area contributed by atoms with Gasteiger partial charge in [-0.1, -0.05) is 12.1 Å². The van der Waals surface area contributed by atoms with Gasteiger partial charge in [0.15, 0.2) is 10.8 Å². The molecule has 2 heterocycles. The third kappa shape index (κ3) is 3.63. The molecule has 1 aromatic carbocycles. The predicted octanol–water partition coefficient (Wildman–Crippen LogP) is 2.04. The minimum absolute atomic E-state index is 0.0432. The van der Waals surface area contributed by atoms with Crippen LogP contribution in [0.4, 0.5) is 0 Å². The predicted molar refractivity (Wildman–Crippen MR) is 87.0 cm³/mol. The summed E-state index contributed by atoms with van der Waals surface area (Å²) in [6, 6.07) is 7.64. The van der Waals surface area contributed by atoms with Crippen molar-refractivity contribution in [1.82, 2.24) is 25.6 Å². The number of thiazole rings is 1. The fraction of sp³-hybridized carbons (Fsp3) is 0.133. The van der Waals surface area contributed by atoms with Crippen LogP contribution in [0.3, 0.4) is 0 Å². The number of H-pyrrole nitrogens is 1. The number of benzene rings is 1. The van der Waals surface area contributed by atoms with Crippen LogP contribution in [0.2, 0.25) is 0 Å². The summed E-state index contributed by atoms with van der Waals surface area (Å²) in [7, 11) is 1.62. The molecular weight excluding hydrogens is 330 g/mol. The van der Waals surface area contributed by atoms with Gasteiger partial charge in [0.05, 0.1) is 12.8 Å². The fourth-order valence-corrected chi connectivity index (χ4v) is 2.70. The van der Waals surface area contributed by atoms with Crippen molar-refractivity contribution in [3.63, 3.8) is 0 Å². The van der Waals surface area contributed by atoms with Crippen LogP contribution in [0, 0.1) is 0 Å². The monoisotopic (exact) mass is 343 g/mol. The third-order valence-corrected chi connectivity index (χ3v) is 4.05. The normalized spacial score (nSPS) is 11.5. The molecule has 0 aliphatic rings. The largest absolute Gasteiger partial charge is 0.504 e. The van der Waals surface area contributed by atoms with E-state index in [4.69, 9.17) is 4.74 Å². The zero-order valence-electron chi connectivity index (χ0n) is 12.6. The molecule has 0 saturated heterocycles. The van der Waals surface area contributed by atoms with Crippen molar-refractivity contribution in [2.24, 2.45) is 0 Å². The second-order valence-corrected chi connectivity index (χ2v) is 5.66. The molecule has 24 heavy (non-hydrogen) atoms. The number of rotatable bonds is 6. The Bertz CT molecular complexity index is 856. The zero-order valence-corrected chi connectivity index (χ0v) is 13.4. The number of hydrogen-bond acceptors (Lipinski definition) is 8. The second kappa shape index (κ2) is 7.01. The highest BCUT2D eigenvalue weighted by molar-refractivity contribution is 7.11. The zero-order chi connectivity index (χ0) is 16.9. The molecule has 0 saturated carbocycles. The van der Waals surface area contributed by atoms with Gasteiger partial charge >= 0.3 is 0 Å². The number of carbonyl (C=O) groups excluding carboxylic acids is 1. The first-order valence-corrected chi connectivity index (χ1v) is 7.80. The standard InChI is InChI=1S/C15H13N5O3S/c1-23-11-4-2-9(3-5-11)6-10-8-24-15(16-10)13(22)7-12(21)14-17-19-20-18-14/h2-5,7-8,21H,6H2,1H3,(H,17,18,19,20). The average molecular weight is 343 g/mol. The fourth-order valence-electron chi connectivity index (χ4n) is 1.97. The third-order valence-electron chi connectivity index (χ3n) is 3.15. The number of ether oxygens (including phenoxy) is 1. The van der Waals surface area contributed by atoms with Gasteiger partial charge in [-0.05, 0) is 22.9 Å². The number of carbonyl (C=O) groups is 1. The Morgan fingerprint density at radius 2 is 2.17 bits per heavy atom. The number of tetrazole rings is 1. The van der Waals surface area contributed by atoms with Crippen molar-refractivity contribution in [3.8, 4) is 5.75 Å². The smallest absolute Gasteiger partial charge is 0.239 e. The number of aromatic nitrogens is 5. The molecule has 0 unspecified atom stereocenters. The maximum Gasteiger partial charge on any atom is 0.239 e. The number of nitrogens with zero attached hydrogens (tertiary/aromatic N) is 4. The number of nitrogens with one attached hydrogen (secondary N) is 1. The van der Waals surface area contributed by atoms with Gasteiger partial charge in [0, 0.05) is 17.9 Å². The highest BCUT2D eigenvalue weighted by Crippen LogP contribution is 2.18. The maximum absolute atomic E-state index is 12.1. The number of methoxy groups -OCH3 is 1. The molecule has 0 spiro atoms. The first-order valence-electron chi connectivity index (χ1n) is 6.92. The molecule has 0 aliphatic heterocycles. The molecule has 3 rings (SSSR count). The van der Waals surface area contributed by atoms with Crippen LogP contribution in [-0.4, -0.2) is 43.6 Å². The number of aliphatic hydroxyl groups excluding tert-OH is 1. The number of allylic oxidation sites excluding steroid dienone is 1. The summed E-state index contributed by atoms with van der Waals surface area (Å²) in [6.45, 7) is 0. The Labute approximate surface area is 140 Å². The summed E-state index contributed by atoms with van der Waals surface area (Å²) >= 11 is 1.22. The molecule has 3 aromatic rings. The minimum atomic E-state index is -0.414. The van der Waals surface area contributed by atoms with E-state index in [-0.39, 0.29) is 16.6 Å². The van der Waals surface area contributed by atoms with E-state index in [1.165, 1.54) is 11.3 Å². The lowest BCUT2D eigenvalue weighted by Crippen LogP contribution is -1.98. The number of aromatic amines is 1. The van der Waals surface area contributed by atoms with Crippen molar-refractivity contribution < 1.29 is 14.6 Å². The van der Waals surface area contributed by atoms with E-state index >= 15 is 0 Å². The summed E-state index contributed by atoms with van der Waals surface area (Å²) in [4.78, 5) is 16.4. The van der Waals surface area contributed by atoms with Crippen LogP contribution in [-0.2, 0) is 6.42 Å². The molecule has 122 valence electrons. The summed E-state index contributed by atoms with van der Waals surface area (Å²) in [6.07, 6.45) is 1.63. The van der Waals surface area contributed by atoms with Crippen molar-refractivity contribution in [1.29, 1.82) is 0 Å². The first-order chi connectivity index (χ1) is 11.7. The van der Waals surface area contributed by atoms with Gasteiger partial charge < -0.3 is 9.84 Å². The molecule has 2 aromatic heterocycles. The molecule has 0 aliphatic carbocycles. The van der Waals surface area contributed by atoms with Gasteiger partial charge in [0.1, 0.15) is 5.75 Å². The van der Waals surface area contributed by atoms with Gasteiger partial charge in [-0.3, -0.25) is 4.79 Å². The Morgan fingerprint density at radius 1 is 1.38 bits per heavy atom. The Hall–Kier alpha value is -3.07. The molecule has 0 bridgehead atoms.